The van der Waals surface area contributed by atoms with Crippen LogP contribution in [0.25, 0.3) is 10.8 Å². The van der Waals surface area contributed by atoms with Crippen LogP contribution in [-0.4, -0.2) is 28.1 Å². The molecule has 20 heavy (non-hydrogen) atoms. The van der Waals surface area contributed by atoms with E-state index in [2.05, 4.69) is 4.98 Å². The van der Waals surface area contributed by atoms with Crippen LogP contribution in [0.2, 0.25) is 0 Å². The van der Waals surface area contributed by atoms with Crippen molar-refractivity contribution in [2.75, 3.05) is 6.79 Å². The highest BCUT2D eigenvalue weighted by molar-refractivity contribution is 8.00. The molecule has 0 bridgehead atoms. The van der Waals surface area contributed by atoms with Gasteiger partial charge in [0.05, 0.1) is 6.42 Å². The van der Waals surface area contributed by atoms with E-state index in [-0.39, 0.29) is 18.5 Å². The van der Waals surface area contributed by atoms with E-state index < -0.39 is 5.97 Å². The number of nitrogens with zero attached hydrogens (tertiary/aromatic N) is 1. The molecule has 0 amide bonds. The van der Waals surface area contributed by atoms with Crippen LogP contribution < -0.4 is 9.47 Å². The lowest BCUT2D eigenvalue weighted by atomic mass is 10.1. The summed E-state index contributed by atoms with van der Waals surface area (Å²) in [5.41, 5.74) is 0. The molecule has 0 fully saturated rings. The quantitative estimate of drug-likeness (QED) is 0.873. The Bertz CT molecular complexity index is 674. The smallest absolute Gasteiger partial charge is 0.304 e. The molecule has 1 aromatic heterocycles. The molecule has 1 unspecified atom stereocenters. The summed E-state index contributed by atoms with van der Waals surface area (Å²) in [6.07, 6.45) is 1.83. The van der Waals surface area contributed by atoms with Crippen molar-refractivity contribution >= 4 is 28.5 Å². The Kier molecular flexibility index (Phi) is 3.40. The molecule has 1 aromatic carbocycles. The van der Waals surface area contributed by atoms with E-state index in [9.17, 15) is 4.79 Å². The number of aliphatic carboxylic acids is 1. The maximum Gasteiger partial charge on any atom is 0.304 e. The Hall–Kier alpha value is -1.95. The van der Waals surface area contributed by atoms with Gasteiger partial charge in [-0.15, -0.1) is 11.8 Å². The van der Waals surface area contributed by atoms with Gasteiger partial charge in [0.15, 0.2) is 11.5 Å². The number of benzene rings is 1. The number of carbonyl (C=O) groups is 1. The zero-order valence-corrected chi connectivity index (χ0v) is 11.6. The van der Waals surface area contributed by atoms with Crippen molar-refractivity contribution in [1.29, 1.82) is 0 Å². The number of pyridine rings is 1. The average molecular weight is 291 g/mol. The Morgan fingerprint density at radius 1 is 1.45 bits per heavy atom. The number of hydrogen-bond acceptors (Lipinski definition) is 5. The van der Waals surface area contributed by atoms with Crippen LogP contribution in [0.3, 0.4) is 0 Å². The zero-order chi connectivity index (χ0) is 14.1. The number of hydrogen-bond donors (Lipinski definition) is 1. The predicted octanol–water partition coefficient (Wildman–Crippen LogP) is 2.92. The van der Waals surface area contributed by atoms with Gasteiger partial charge >= 0.3 is 5.97 Å². The summed E-state index contributed by atoms with van der Waals surface area (Å²) in [4.78, 5) is 15.1. The van der Waals surface area contributed by atoms with Crippen LogP contribution in [0.15, 0.2) is 29.4 Å². The second kappa shape index (κ2) is 5.20. The molecule has 1 aliphatic rings. The van der Waals surface area contributed by atoms with Crippen molar-refractivity contribution in [3.63, 3.8) is 0 Å². The van der Waals surface area contributed by atoms with Crippen molar-refractivity contribution < 1.29 is 19.4 Å². The Morgan fingerprint density at radius 3 is 2.95 bits per heavy atom. The van der Waals surface area contributed by atoms with Gasteiger partial charge in [-0.25, -0.2) is 4.98 Å². The lowest BCUT2D eigenvalue weighted by molar-refractivity contribution is -0.136. The molecular formula is C14H13NO4S. The van der Waals surface area contributed by atoms with E-state index >= 15 is 0 Å². The van der Waals surface area contributed by atoms with Crippen molar-refractivity contribution in [1.82, 2.24) is 4.98 Å². The SMILES string of the molecule is CC(CC(=O)O)Sc1nccc2cc3c(cc12)OCO3. The molecule has 0 aliphatic carbocycles. The highest BCUT2D eigenvalue weighted by atomic mass is 32.2. The average Bonchev–Trinajstić information content (AvgIpc) is 2.82. The van der Waals surface area contributed by atoms with Crippen LogP contribution in [0.1, 0.15) is 13.3 Å². The molecule has 0 saturated heterocycles. The Morgan fingerprint density at radius 2 is 2.20 bits per heavy atom. The lowest BCUT2D eigenvalue weighted by Gasteiger charge is -2.10. The summed E-state index contributed by atoms with van der Waals surface area (Å²) in [6, 6.07) is 5.73. The molecule has 0 spiro atoms. The van der Waals surface area contributed by atoms with Crippen molar-refractivity contribution in [3.8, 4) is 11.5 Å². The first-order valence-corrected chi connectivity index (χ1v) is 7.08. The third-order valence-electron chi connectivity index (χ3n) is 3.00. The second-order valence-electron chi connectivity index (χ2n) is 4.57. The largest absolute Gasteiger partial charge is 0.481 e. The summed E-state index contributed by atoms with van der Waals surface area (Å²) in [5, 5.41) is 11.6. The number of aromatic nitrogens is 1. The van der Waals surface area contributed by atoms with Gasteiger partial charge in [-0.2, -0.15) is 0 Å². The first-order valence-electron chi connectivity index (χ1n) is 6.20. The number of fused-ring (bicyclic) bond motifs is 2. The van der Waals surface area contributed by atoms with Crippen molar-refractivity contribution in [3.05, 3.63) is 24.4 Å². The third kappa shape index (κ3) is 2.51. The molecule has 104 valence electrons. The van der Waals surface area contributed by atoms with E-state index in [4.69, 9.17) is 14.6 Å². The van der Waals surface area contributed by atoms with Gasteiger partial charge < -0.3 is 14.6 Å². The Balaban J connectivity index is 1.96. The molecular weight excluding hydrogens is 278 g/mol. The highest BCUT2D eigenvalue weighted by Crippen LogP contribution is 2.39. The molecule has 6 heteroatoms. The number of carboxylic acids is 1. The molecule has 3 rings (SSSR count). The summed E-state index contributed by atoms with van der Waals surface area (Å²) in [5.74, 6) is 0.638. The minimum absolute atomic E-state index is 0.0453. The van der Waals surface area contributed by atoms with Crippen LogP contribution in [-0.2, 0) is 4.79 Å². The molecule has 2 heterocycles. The highest BCUT2D eigenvalue weighted by Gasteiger charge is 2.17. The number of ether oxygens (including phenoxy) is 2. The minimum atomic E-state index is -0.803. The molecule has 1 atom stereocenters. The fourth-order valence-corrected chi connectivity index (χ4v) is 3.14. The monoisotopic (exact) mass is 291 g/mol. The summed E-state index contributed by atoms with van der Waals surface area (Å²) in [7, 11) is 0. The lowest BCUT2D eigenvalue weighted by Crippen LogP contribution is -2.05. The van der Waals surface area contributed by atoms with E-state index in [1.807, 2.05) is 25.1 Å². The van der Waals surface area contributed by atoms with E-state index in [0.717, 1.165) is 21.5 Å². The molecule has 1 N–H and O–H groups in total. The standard InChI is InChI=1S/C14H13NO4S/c1-8(4-13(16)17)20-14-10-6-12-11(18-7-19-12)5-9(10)2-3-15-14/h2-3,5-6,8H,4,7H2,1H3,(H,16,17). The number of rotatable bonds is 4. The maximum atomic E-state index is 10.7. The van der Waals surface area contributed by atoms with Gasteiger partial charge in [0.2, 0.25) is 6.79 Å². The molecule has 1 aliphatic heterocycles. The minimum Gasteiger partial charge on any atom is -0.481 e. The van der Waals surface area contributed by atoms with E-state index in [1.165, 1.54) is 11.8 Å². The topological polar surface area (TPSA) is 68.7 Å². The summed E-state index contributed by atoms with van der Waals surface area (Å²) >= 11 is 1.46. The fourth-order valence-electron chi connectivity index (χ4n) is 2.11. The van der Waals surface area contributed by atoms with E-state index in [1.54, 1.807) is 6.20 Å². The van der Waals surface area contributed by atoms with Crippen molar-refractivity contribution in [2.24, 2.45) is 0 Å². The van der Waals surface area contributed by atoms with Crippen LogP contribution >= 0.6 is 11.8 Å². The molecule has 0 radical (unpaired) electrons. The second-order valence-corrected chi connectivity index (χ2v) is 6.00. The van der Waals surface area contributed by atoms with Gasteiger partial charge in [-0.1, -0.05) is 6.92 Å². The maximum absolute atomic E-state index is 10.7. The molecule has 5 nitrogen and oxygen atoms in total. The van der Waals surface area contributed by atoms with Gasteiger partial charge in [0.1, 0.15) is 5.03 Å². The van der Waals surface area contributed by atoms with Gasteiger partial charge in [-0.3, -0.25) is 4.79 Å². The number of carboxylic acid groups (broad SMARTS) is 1. The summed E-state index contributed by atoms with van der Waals surface area (Å²) in [6.45, 7) is 2.11. The Labute approximate surface area is 119 Å². The van der Waals surface area contributed by atoms with Gasteiger partial charge in [0, 0.05) is 16.8 Å². The fraction of sp³-hybridized carbons (Fsp3) is 0.286. The van der Waals surface area contributed by atoms with Gasteiger partial charge in [-0.05, 0) is 23.6 Å². The first kappa shape index (κ1) is 13.1. The molecule has 0 saturated carbocycles. The van der Waals surface area contributed by atoms with Crippen molar-refractivity contribution in [2.45, 2.75) is 23.6 Å². The van der Waals surface area contributed by atoms with Crippen LogP contribution in [0.4, 0.5) is 0 Å². The summed E-state index contributed by atoms with van der Waals surface area (Å²) < 4.78 is 10.7. The first-order chi connectivity index (χ1) is 9.63. The zero-order valence-electron chi connectivity index (χ0n) is 10.8. The van der Waals surface area contributed by atoms with Crippen LogP contribution in [0, 0.1) is 0 Å². The normalized spacial score (nSPS) is 14.4. The number of thioether (sulfide) groups is 1. The van der Waals surface area contributed by atoms with E-state index in [0.29, 0.717) is 5.75 Å². The van der Waals surface area contributed by atoms with Gasteiger partial charge in [0.25, 0.3) is 0 Å². The predicted molar refractivity (Wildman–Crippen MR) is 75.4 cm³/mol. The van der Waals surface area contributed by atoms with Crippen LogP contribution in [0.5, 0.6) is 11.5 Å². The third-order valence-corrected chi connectivity index (χ3v) is 4.11. The molecule has 2 aromatic rings.